The van der Waals surface area contributed by atoms with E-state index < -0.39 is 0 Å². The SMILES string of the molecule is [c]1c2c(cc(-c3ccccc3)c1-c1ccccc1)-c1ccccc1[CH]2. The molecule has 25 heavy (non-hydrogen) atoms. The zero-order valence-electron chi connectivity index (χ0n) is 13.7. The average Bonchev–Trinajstić information content (AvgIpc) is 3.06. The van der Waals surface area contributed by atoms with E-state index in [1.54, 1.807) is 0 Å². The Morgan fingerprint density at radius 3 is 1.92 bits per heavy atom. The molecule has 0 nitrogen and oxygen atoms in total. The van der Waals surface area contributed by atoms with Gasteiger partial charge in [0.1, 0.15) is 0 Å². The molecule has 1 aliphatic carbocycles. The van der Waals surface area contributed by atoms with E-state index in [4.69, 9.17) is 0 Å². The summed E-state index contributed by atoms with van der Waals surface area (Å²) in [5.41, 5.74) is 9.85. The minimum atomic E-state index is 1.16. The van der Waals surface area contributed by atoms with E-state index >= 15 is 0 Å². The molecule has 0 saturated heterocycles. The van der Waals surface area contributed by atoms with Gasteiger partial charge in [-0.2, -0.15) is 0 Å². The summed E-state index contributed by atoms with van der Waals surface area (Å²) in [7, 11) is 0. The van der Waals surface area contributed by atoms with Gasteiger partial charge in [0.2, 0.25) is 0 Å². The van der Waals surface area contributed by atoms with Gasteiger partial charge in [0.05, 0.1) is 0 Å². The van der Waals surface area contributed by atoms with Gasteiger partial charge >= 0.3 is 0 Å². The maximum Gasteiger partial charge on any atom is 0.0218 e. The predicted molar refractivity (Wildman–Crippen MR) is 104 cm³/mol. The second-order valence-electron chi connectivity index (χ2n) is 6.35. The molecule has 0 aromatic heterocycles. The first-order valence-electron chi connectivity index (χ1n) is 8.55. The molecule has 0 atom stereocenters. The molecule has 0 N–H and O–H groups in total. The minimum Gasteiger partial charge on any atom is -0.0622 e. The standard InChI is InChI=1S/C25H16/c1-3-9-18(10-4-1)23-16-21-15-20-13-7-8-14-22(20)25(21)17-24(23)19-11-5-2-6-12-19/h1-15,17H. The number of fused-ring (bicyclic) bond motifs is 3. The van der Waals surface area contributed by atoms with Crippen LogP contribution in [0.25, 0.3) is 33.4 Å². The van der Waals surface area contributed by atoms with Gasteiger partial charge in [-0.05, 0) is 56.6 Å². The van der Waals surface area contributed by atoms with Gasteiger partial charge in [-0.1, -0.05) is 84.9 Å². The van der Waals surface area contributed by atoms with Crippen LogP contribution < -0.4 is 0 Å². The van der Waals surface area contributed by atoms with Crippen molar-refractivity contribution in [3.63, 3.8) is 0 Å². The van der Waals surface area contributed by atoms with Gasteiger partial charge in [-0.25, -0.2) is 0 Å². The monoisotopic (exact) mass is 316 g/mol. The molecule has 116 valence electrons. The summed E-state index contributed by atoms with van der Waals surface area (Å²) >= 11 is 0. The smallest absolute Gasteiger partial charge is 0.0218 e. The molecular weight excluding hydrogens is 300 g/mol. The summed E-state index contributed by atoms with van der Waals surface area (Å²) in [6.07, 6.45) is 2.24. The lowest BCUT2D eigenvalue weighted by molar-refractivity contribution is 1.51. The molecular formula is C25H16. The van der Waals surface area contributed by atoms with E-state index in [0.29, 0.717) is 0 Å². The van der Waals surface area contributed by atoms with E-state index in [-0.39, 0.29) is 0 Å². The fraction of sp³-hybridized carbons (Fsp3) is 0. The fourth-order valence-corrected chi connectivity index (χ4v) is 3.60. The van der Waals surface area contributed by atoms with Crippen LogP contribution in [-0.4, -0.2) is 0 Å². The van der Waals surface area contributed by atoms with Crippen molar-refractivity contribution in [2.75, 3.05) is 0 Å². The highest BCUT2D eigenvalue weighted by Crippen LogP contribution is 2.43. The van der Waals surface area contributed by atoms with Crippen LogP contribution in [0.5, 0.6) is 0 Å². The van der Waals surface area contributed by atoms with Crippen LogP contribution in [0.4, 0.5) is 0 Å². The fourth-order valence-electron chi connectivity index (χ4n) is 3.60. The summed E-state index contributed by atoms with van der Waals surface area (Å²) in [6, 6.07) is 35.7. The van der Waals surface area contributed by atoms with Gasteiger partial charge < -0.3 is 0 Å². The van der Waals surface area contributed by atoms with Crippen LogP contribution in [0.3, 0.4) is 0 Å². The van der Waals surface area contributed by atoms with Crippen molar-refractivity contribution in [1.82, 2.24) is 0 Å². The minimum absolute atomic E-state index is 1.16. The Balaban J connectivity index is 1.79. The molecule has 0 amide bonds. The van der Waals surface area contributed by atoms with Crippen LogP contribution in [0.15, 0.2) is 91.0 Å². The van der Waals surface area contributed by atoms with Crippen molar-refractivity contribution in [2.45, 2.75) is 0 Å². The van der Waals surface area contributed by atoms with Gasteiger partial charge in [-0.3, -0.25) is 0 Å². The molecule has 2 radical (unpaired) electrons. The maximum absolute atomic E-state index is 3.70. The molecule has 0 fully saturated rings. The lowest BCUT2D eigenvalue weighted by Gasteiger charge is -2.13. The third-order valence-electron chi connectivity index (χ3n) is 4.81. The maximum atomic E-state index is 3.70. The molecule has 4 aromatic carbocycles. The number of rotatable bonds is 2. The van der Waals surface area contributed by atoms with Crippen molar-refractivity contribution >= 4 is 0 Å². The highest BCUT2D eigenvalue weighted by molar-refractivity contribution is 5.92. The van der Waals surface area contributed by atoms with Crippen LogP contribution in [-0.2, 0) is 0 Å². The van der Waals surface area contributed by atoms with Crippen LogP contribution in [0.1, 0.15) is 11.1 Å². The van der Waals surface area contributed by atoms with E-state index in [1.807, 2.05) is 0 Å². The molecule has 0 spiro atoms. The highest BCUT2D eigenvalue weighted by Gasteiger charge is 2.21. The average molecular weight is 316 g/mol. The van der Waals surface area contributed by atoms with Crippen molar-refractivity contribution in [1.29, 1.82) is 0 Å². The zero-order chi connectivity index (χ0) is 16.6. The second-order valence-corrected chi connectivity index (χ2v) is 6.35. The van der Waals surface area contributed by atoms with Crippen molar-refractivity contribution in [3.05, 3.63) is 115 Å². The van der Waals surface area contributed by atoms with Crippen molar-refractivity contribution < 1.29 is 0 Å². The van der Waals surface area contributed by atoms with Crippen LogP contribution >= 0.6 is 0 Å². The Morgan fingerprint density at radius 2 is 1.16 bits per heavy atom. The summed E-state index contributed by atoms with van der Waals surface area (Å²) in [4.78, 5) is 0. The molecule has 0 heterocycles. The first-order chi connectivity index (χ1) is 12.4. The van der Waals surface area contributed by atoms with Gasteiger partial charge in [0.25, 0.3) is 0 Å². The van der Waals surface area contributed by atoms with Crippen LogP contribution in [0, 0.1) is 12.5 Å². The molecule has 5 rings (SSSR count). The molecule has 1 aliphatic rings. The van der Waals surface area contributed by atoms with Crippen molar-refractivity contribution in [3.8, 4) is 33.4 Å². The second kappa shape index (κ2) is 5.75. The summed E-state index contributed by atoms with van der Waals surface area (Å²) in [6.45, 7) is 0. The lowest BCUT2D eigenvalue weighted by atomic mass is 9.90. The number of hydrogen-bond acceptors (Lipinski definition) is 0. The zero-order valence-corrected chi connectivity index (χ0v) is 13.7. The van der Waals surface area contributed by atoms with E-state index in [9.17, 15) is 0 Å². The van der Waals surface area contributed by atoms with Gasteiger partial charge in [-0.15, -0.1) is 0 Å². The first kappa shape index (κ1) is 14.2. The molecule has 0 aliphatic heterocycles. The number of benzene rings is 4. The van der Waals surface area contributed by atoms with Crippen molar-refractivity contribution in [2.24, 2.45) is 0 Å². The van der Waals surface area contributed by atoms with Gasteiger partial charge in [0, 0.05) is 6.42 Å². The first-order valence-corrected chi connectivity index (χ1v) is 8.55. The topological polar surface area (TPSA) is 0 Å². The third kappa shape index (κ3) is 2.38. The van der Waals surface area contributed by atoms with Gasteiger partial charge in [0.15, 0.2) is 0 Å². The summed E-state index contributed by atoms with van der Waals surface area (Å²) < 4.78 is 0. The Labute approximate surface area is 148 Å². The molecule has 0 saturated carbocycles. The Kier molecular flexibility index (Phi) is 3.28. The lowest BCUT2D eigenvalue weighted by Crippen LogP contribution is -1.90. The molecule has 0 bridgehead atoms. The van der Waals surface area contributed by atoms with E-state index in [0.717, 1.165) is 5.56 Å². The normalized spacial score (nSPS) is 11.8. The summed E-state index contributed by atoms with van der Waals surface area (Å²) in [5, 5.41) is 0. The van der Waals surface area contributed by atoms with E-state index in [2.05, 4.69) is 103 Å². The third-order valence-corrected chi connectivity index (χ3v) is 4.81. The molecule has 4 aromatic rings. The Morgan fingerprint density at radius 1 is 0.520 bits per heavy atom. The molecule has 0 heteroatoms. The molecule has 0 unspecified atom stereocenters. The Bertz CT molecular complexity index is 1040. The van der Waals surface area contributed by atoms with Crippen LogP contribution in [0.2, 0.25) is 0 Å². The highest BCUT2D eigenvalue weighted by atomic mass is 14.2. The quantitative estimate of drug-likeness (QED) is 0.353. The summed E-state index contributed by atoms with van der Waals surface area (Å²) in [5.74, 6) is 0. The van der Waals surface area contributed by atoms with E-state index in [1.165, 1.54) is 38.9 Å². The Hall–Kier alpha value is -3.12. The largest absolute Gasteiger partial charge is 0.0622 e. The number of hydrogen-bond donors (Lipinski definition) is 0. The predicted octanol–water partition coefficient (Wildman–Crippen LogP) is 6.40.